The fourth-order valence-corrected chi connectivity index (χ4v) is 4.18. The molecule has 2 aromatic carbocycles. The summed E-state index contributed by atoms with van der Waals surface area (Å²) in [6, 6.07) is 13.2. The van der Waals surface area contributed by atoms with Crippen molar-refractivity contribution in [3.05, 3.63) is 64.5 Å². The van der Waals surface area contributed by atoms with E-state index >= 15 is 0 Å². The van der Waals surface area contributed by atoms with Gasteiger partial charge in [0.25, 0.3) is 11.8 Å². The summed E-state index contributed by atoms with van der Waals surface area (Å²) < 4.78 is 0. The fraction of sp³-hybridized carbons (Fsp3) is 0. The molecule has 6 N–H and O–H groups in total. The van der Waals surface area contributed by atoms with Crippen LogP contribution in [0.5, 0.6) is 0 Å². The molecule has 28 heavy (non-hydrogen) atoms. The number of nitrogens with zero attached hydrogens (tertiary/aromatic N) is 1. The highest BCUT2D eigenvalue weighted by Crippen LogP contribution is 2.32. The molecule has 0 bridgehead atoms. The Morgan fingerprint density at radius 1 is 1.04 bits per heavy atom. The van der Waals surface area contributed by atoms with E-state index in [4.69, 9.17) is 11.5 Å². The molecule has 2 aromatic heterocycles. The van der Waals surface area contributed by atoms with Crippen LogP contribution in [0.25, 0.3) is 10.8 Å². The number of fused-ring (bicyclic) bond motifs is 1. The van der Waals surface area contributed by atoms with E-state index in [1.165, 1.54) is 11.3 Å². The van der Waals surface area contributed by atoms with Gasteiger partial charge in [0.2, 0.25) is 0 Å². The SMILES string of the molecule is NC(=O)c1nc(Nc2ccc3ccc(N)cc3c2)sc1NC(=O)c1ccsc1. The highest BCUT2D eigenvalue weighted by Gasteiger charge is 2.19. The van der Waals surface area contributed by atoms with Gasteiger partial charge in [-0.05, 0) is 46.5 Å². The molecule has 0 fully saturated rings. The summed E-state index contributed by atoms with van der Waals surface area (Å²) in [6.07, 6.45) is 0. The first-order chi connectivity index (χ1) is 13.5. The summed E-state index contributed by atoms with van der Waals surface area (Å²) >= 11 is 2.55. The van der Waals surface area contributed by atoms with Crippen LogP contribution in [0.2, 0.25) is 0 Å². The Balaban J connectivity index is 1.61. The van der Waals surface area contributed by atoms with Gasteiger partial charge in [0, 0.05) is 16.8 Å². The molecular formula is C19H15N5O2S2. The number of amides is 2. The largest absolute Gasteiger partial charge is 0.399 e. The normalized spacial score (nSPS) is 10.7. The Morgan fingerprint density at radius 3 is 2.61 bits per heavy atom. The van der Waals surface area contributed by atoms with E-state index in [0.29, 0.717) is 21.4 Å². The summed E-state index contributed by atoms with van der Waals surface area (Å²) in [6.45, 7) is 0. The predicted octanol–water partition coefficient (Wildman–Crippen LogP) is 4.03. The van der Waals surface area contributed by atoms with Gasteiger partial charge in [-0.2, -0.15) is 11.3 Å². The number of benzene rings is 2. The minimum atomic E-state index is -0.712. The highest BCUT2D eigenvalue weighted by atomic mass is 32.1. The maximum Gasteiger partial charge on any atom is 0.270 e. The van der Waals surface area contributed by atoms with Crippen LogP contribution < -0.4 is 22.1 Å². The molecule has 9 heteroatoms. The summed E-state index contributed by atoms with van der Waals surface area (Å²) in [5.74, 6) is -1.03. The lowest BCUT2D eigenvalue weighted by molar-refractivity contribution is 0.0997. The minimum absolute atomic E-state index is 0.0149. The van der Waals surface area contributed by atoms with Crippen LogP contribution in [-0.4, -0.2) is 16.8 Å². The fourth-order valence-electron chi connectivity index (χ4n) is 2.66. The number of nitrogen functional groups attached to an aromatic ring is 1. The lowest BCUT2D eigenvalue weighted by Gasteiger charge is -2.05. The number of thiazole rings is 1. The maximum atomic E-state index is 12.3. The molecule has 0 atom stereocenters. The Morgan fingerprint density at radius 2 is 1.86 bits per heavy atom. The zero-order valence-corrected chi connectivity index (χ0v) is 16.1. The van der Waals surface area contributed by atoms with E-state index in [2.05, 4.69) is 15.6 Å². The summed E-state index contributed by atoms with van der Waals surface area (Å²) in [5, 5.41) is 12.2. The van der Waals surface area contributed by atoms with E-state index in [1.807, 2.05) is 36.4 Å². The van der Waals surface area contributed by atoms with Crippen molar-refractivity contribution in [3.63, 3.8) is 0 Å². The van der Waals surface area contributed by atoms with Gasteiger partial charge in [0.05, 0.1) is 5.56 Å². The number of rotatable bonds is 5. The maximum absolute atomic E-state index is 12.3. The van der Waals surface area contributed by atoms with Crippen molar-refractivity contribution in [1.29, 1.82) is 0 Å². The Hall–Kier alpha value is -3.43. The van der Waals surface area contributed by atoms with Crippen molar-refractivity contribution in [2.75, 3.05) is 16.4 Å². The molecule has 7 nitrogen and oxygen atoms in total. The standard InChI is InChI=1S/C19H15N5O2S2/c20-13-3-1-10-2-4-14(8-12(10)7-13)22-19-23-15(16(21)25)18(28-19)24-17(26)11-5-6-27-9-11/h1-9H,20H2,(H2,21,25)(H,22,23)(H,24,26). The first-order valence-corrected chi connectivity index (χ1v) is 9.96. The molecular weight excluding hydrogens is 394 g/mol. The average molecular weight is 409 g/mol. The number of hydrogen-bond acceptors (Lipinski definition) is 7. The van der Waals surface area contributed by atoms with Crippen molar-refractivity contribution < 1.29 is 9.59 Å². The summed E-state index contributed by atoms with van der Waals surface area (Å²) in [7, 11) is 0. The molecule has 0 spiro atoms. The van der Waals surface area contributed by atoms with Gasteiger partial charge >= 0.3 is 0 Å². The van der Waals surface area contributed by atoms with Crippen LogP contribution in [0.1, 0.15) is 20.8 Å². The molecule has 2 heterocycles. The van der Waals surface area contributed by atoms with Gasteiger partial charge in [0.15, 0.2) is 10.8 Å². The molecule has 0 aliphatic heterocycles. The smallest absolute Gasteiger partial charge is 0.270 e. The molecule has 0 saturated heterocycles. The third-order valence-electron chi connectivity index (χ3n) is 3.99. The third-order valence-corrected chi connectivity index (χ3v) is 5.56. The van der Waals surface area contributed by atoms with E-state index in [0.717, 1.165) is 27.8 Å². The number of nitrogens with two attached hydrogens (primary N) is 2. The molecule has 4 aromatic rings. The van der Waals surface area contributed by atoms with Crippen LogP contribution in [0, 0.1) is 0 Å². The zero-order valence-electron chi connectivity index (χ0n) is 14.4. The number of nitrogens with one attached hydrogen (secondary N) is 2. The second kappa shape index (κ2) is 7.29. The number of thiophene rings is 1. The van der Waals surface area contributed by atoms with Crippen molar-refractivity contribution in [2.45, 2.75) is 0 Å². The van der Waals surface area contributed by atoms with Crippen LogP contribution in [0.3, 0.4) is 0 Å². The quantitative estimate of drug-likeness (QED) is 0.371. The summed E-state index contributed by atoms with van der Waals surface area (Å²) in [5.41, 5.74) is 13.2. The van der Waals surface area contributed by atoms with E-state index in [-0.39, 0.29) is 11.6 Å². The molecule has 4 rings (SSSR count). The van der Waals surface area contributed by atoms with E-state index in [1.54, 1.807) is 16.8 Å². The van der Waals surface area contributed by atoms with Gasteiger partial charge in [-0.15, -0.1) is 0 Å². The first kappa shape index (κ1) is 18.0. The number of carbonyl (C=O) groups excluding carboxylic acids is 2. The average Bonchev–Trinajstić information content (AvgIpc) is 3.31. The van der Waals surface area contributed by atoms with Crippen LogP contribution in [0.4, 0.5) is 21.5 Å². The highest BCUT2D eigenvalue weighted by molar-refractivity contribution is 7.20. The van der Waals surface area contributed by atoms with Crippen LogP contribution >= 0.6 is 22.7 Å². The van der Waals surface area contributed by atoms with E-state index in [9.17, 15) is 9.59 Å². The molecule has 0 unspecified atom stereocenters. The molecule has 140 valence electrons. The van der Waals surface area contributed by atoms with Gasteiger partial charge in [-0.1, -0.05) is 23.5 Å². The summed E-state index contributed by atoms with van der Waals surface area (Å²) in [4.78, 5) is 28.3. The Labute approximate surface area is 168 Å². The van der Waals surface area contributed by atoms with Crippen LogP contribution in [-0.2, 0) is 0 Å². The second-order valence-corrected chi connectivity index (χ2v) is 7.75. The topological polar surface area (TPSA) is 123 Å². The van der Waals surface area contributed by atoms with Crippen molar-refractivity contribution in [3.8, 4) is 0 Å². The number of carbonyl (C=O) groups is 2. The molecule has 2 amide bonds. The van der Waals surface area contributed by atoms with E-state index < -0.39 is 5.91 Å². The van der Waals surface area contributed by atoms with Gasteiger partial charge in [-0.25, -0.2) is 4.98 Å². The Bertz CT molecular complexity index is 1180. The lowest BCUT2D eigenvalue weighted by Crippen LogP contribution is -2.17. The Kier molecular flexibility index (Phi) is 4.68. The lowest BCUT2D eigenvalue weighted by atomic mass is 10.1. The zero-order chi connectivity index (χ0) is 19.7. The number of primary amides is 1. The number of anilines is 4. The van der Waals surface area contributed by atoms with Gasteiger partial charge in [0.1, 0.15) is 5.00 Å². The van der Waals surface area contributed by atoms with Crippen LogP contribution in [0.15, 0.2) is 53.2 Å². The minimum Gasteiger partial charge on any atom is -0.399 e. The monoisotopic (exact) mass is 409 g/mol. The van der Waals surface area contributed by atoms with Crippen molar-refractivity contribution in [1.82, 2.24) is 4.98 Å². The third kappa shape index (κ3) is 3.66. The van der Waals surface area contributed by atoms with Gasteiger partial charge in [-0.3, -0.25) is 9.59 Å². The van der Waals surface area contributed by atoms with Crippen molar-refractivity contribution in [2.24, 2.45) is 5.73 Å². The number of hydrogen-bond donors (Lipinski definition) is 4. The molecule has 0 radical (unpaired) electrons. The molecule has 0 aliphatic rings. The predicted molar refractivity (Wildman–Crippen MR) is 115 cm³/mol. The molecule has 0 saturated carbocycles. The van der Waals surface area contributed by atoms with Gasteiger partial charge < -0.3 is 22.1 Å². The van der Waals surface area contributed by atoms with Crippen molar-refractivity contribution >= 4 is 66.8 Å². The first-order valence-electron chi connectivity index (χ1n) is 8.20. The number of aromatic nitrogens is 1. The molecule has 0 aliphatic carbocycles. The second-order valence-electron chi connectivity index (χ2n) is 5.97.